The van der Waals surface area contributed by atoms with Gasteiger partial charge in [-0.2, -0.15) is 0 Å². The van der Waals surface area contributed by atoms with Crippen LogP contribution in [-0.2, 0) is 4.74 Å². The number of amides is 2. The molecule has 0 saturated heterocycles. The molecule has 1 saturated carbocycles. The van der Waals surface area contributed by atoms with E-state index < -0.39 is 11.9 Å². The second kappa shape index (κ2) is 9.09. The molecule has 1 aromatic heterocycles. The summed E-state index contributed by atoms with van der Waals surface area (Å²) in [5, 5.41) is 6.09. The van der Waals surface area contributed by atoms with Crippen molar-refractivity contribution in [3.63, 3.8) is 0 Å². The molecule has 1 aromatic carbocycles. The number of nitrogens with two attached hydrogens (primary N) is 1. The van der Waals surface area contributed by atoms with Gasteiger partial charge in [0, 0.05) is 17.3 Å². The van der Waals surface area contributed by atoms with Crippen molar-refractivity contribution in [2.75, 3.05) is 18.2 Å². The number of hydrogen-bond donors (Lipinski definition) is 3. The molecular formula is C21H25N3O4S. The van der Waals surface area contributed by atoms with Crippen LogP contribution in [0, 0.1) is 6.92 Å². The number of anilines is 2. The minimum absolute atomic E-state index is 0.146. The second-order valence-electron chi connectivity index (χ2n) is 7.14. The molecule has 1 heterocycles. The predicted molar refractivity (Wildman–Crippen MR) is 114 cm³/mol. The van der Waals surface area contributed by atoms with E-state index in [2.05, 4.69) is 10.6 Å². The fourth-order valence-corrected chi connectivity index (χ4v) is 4.57. The predicted octanol–water partition coefficient (Wildman–Crippen LogP) is 3.74. The van der Waals surface area contributed by atoms with Gasteiger partial charge in [-0.1, -0.05) is 19.3 Å². The first-order valence-electron chi connectivity index (χ1n) is 9.60. The van der Waals surface area contributed by atoms with Gasteiger partial charge < -0.3 is 21.1 Å². The lowest BCUT2D eigenvalue weighted by atomic mass is 9.95. The minimum atomic E-state index is -0.594. The Morgan fingerprint density at radius 3 is 2.34 bits per heavy atom. The molecule has 0 aliphatic heterocycles. The summed E-state index contributed by atoms with van der Waals surface area (Å²) >= 11 is 1.08. The van der Waals surface area contributed by atoms with Crippen molar-refractivity contribution < 1.29 is 19.1 Å². The monoisotopic (exact) mass is 415 g/mol. The number of nitrogen functional groups attached to an aromatic ring is 1. The number of nitrogens with one attached hydrogen (secondary N) is 2. The standard InChI is InChI=1S/C21H25N3O4S/c1-12-16(21(27)28-2)20(24-18(25)13-8-10-14(22)11-9-13)29-17(12)19(26)23-15-6-4-3-5-7-15/h8-11,15H,3-7,22H2,1-2H3,(H,23,26)(H,24,25). The zero-order chi connectivity index (χ0) is 21.0. The molecule has 29 heavy (non-hydrogen) atoms. The minimum Gasteiger partial charge on any atom is -0.465 e. The zero-order valence-corrected chi connectivity index (χ0v) is 17.4. The fraction of sp³-hybridized carbons (Fsp3) is 0.381. The number of benzene rings is 1. The molecule has 0 atom stereocenters. The third kappa shape index (κ3) is 4.76. The third-order valence-corrected chi connectivity index (χ3v) is 6.29. The van der Waals surface area contributed by atoms with Crippen LogP contribution in [0.3, 0.4) is 0 Å². The highest BCUT2D eigenvalue weighted by atomic mass is 32.1. The number of ether oxygens (including phenoxy) is 1. The quantitative estimate of drug-likeness (QED) is 0.509. The van der Waals surface area contributed by atoms with Crippen molar-refractivity contribution in [2.45, 2.75) is 45.1 Å². The van der Waals surface area contributed by atoms with Gasteiger partial charge in [0.05, 0.1) is 17.6 Å². The van der Waals surface area contributed by atoms with E-state index in [4.69, 9.17) is 10.5 Å². The fourth-order valence-electron chi connectivity index (χ4n) is 3.47. The summed E-state index contributed by atoms with van der Waals surface area (Å²) in [6.45, 7) is 1.69. The highest BCUT2D eigenvalue weighted by Crippen LogP contribution is 2.34. The van der Waals surface area contributed by atoms with Crippen molar-refractivity contribution in [3.8, 4) is 0 Å². The molecular weight excluding hydrogens is 390 g/mol. The molecule has 0 spiro atoms. The maximum Gasteiger partial charge on any atom is 0.341 e. The average Bonchev–Trinajstić information content (AvgIpc) is 3.04. The normalized spacial score (nSPS) is 14.3. The van der Waals surface area contributed by atoms with Crippen LogP contribution < -0.4 is 16.4 Å². The van der Waals surface area contributed by atoms with Crippen LogP contribution >= 0.6 is 11.3 Å². The van der Waals surface area contributed by atoms with E-state index in [0.717, 1.165) is 37.0 Å². The molecule has 0 radical (unpaired) electrons. The molecule has 1 aliphatic rings. The van der Waals surface area contributed by atoms with Crippen LogP contribution in [0.4, 0.5) is 10.7 Å². The van der Waals surface area contributed by atoms with E-state index in [-0.39, 0.29) is 17.5 Å². The molecule has 3 rings (SSSR count). The summed E-state index contributed by atoms with van der Waals surface area (Å²) < 4.78 is 4.87. The van der Waals surface area contributed by atoms with Crippen LogP contribution in [0.25, 0.3) is 0 Å². The van der Waals surface area contributed by atoms with Gasteiger partial charge >= 0.3 is 5.97 Å². The number of esters is 1. The first kappa shape index (κ1) is 20.9. The number of carbonyl (C=O) groups is 3. The molecule has 1 fully saturated rings. The van der Waals surface area contributed by atoms with Crippen LogP contribution in [-0.4, -0.2) is 30.9 Å². The summed E-state index contributed by atoms with van der Waals surface area (Å²) in [4.78, 5) is 38.2. The van der Waals surface area contributed by atoms with E-state index in [1.807, 2.05) is 0 Å². The van der Waals surface area contributed by atoms with Gasteiger partial charge in [-0.15, -0.1) is 11.3 Å². The highest BCUT2D eigenvalue weighted by molar-refractivity contribution is 7.18. The van der Waals surface area contributed by atoms with Crippen LogP contribution in [0.5, 0.6) is 0 Å². The maximum absolute atomic E-state index is 12.8. The Morgan fingerprint density at radius 2 is 1.72 bits per heavy atom. The molecule has 1 aliphatic carbocycles. The average molecular weight is 416 g/mol. The lowest BCUT2D eigenvalue weighted by Crippen LogP contribution is -2.36. The van der Waals surface area contributed by atoms with Crippen LogP contribution in [0.1, 0.15) is 68.1 Å². The second-order valence-corrected chi connectivity index (χ2v) is 8.16. The highest BCUT2D eigenvalue weighted by Gasteiger charge is 2.27. The van der Waals surface area contributed by atoms with Gasteiger partial charge in [0.15, 0.2) is 0 Å². The Hall–Kier alpha value is -2.87. The number of carbonyl (C=O) groups excluding carboxylic acids is 3. The van der Waals surface area contributed by atoms with E-state index in [9.17, 15) is 14.4 Å². The molecule has 8 heteroatoms. The Labute approximate surface area is 173 Å². The number of hydrogen-bond acceptors (Lipinski definition) is 6. The van der Waals surface area contributed by atoms with Gasteiger partial charge in [0.2, 0.25) is 0 Å². The summed E-state index contributed by atoms with van der Waals surface area (Å²) in [7, 11) is 1.27. The lowest BCUT2D eigenvalue weighted by molar-refractivity contribution is 0.0601. The Balaban J connectivity index is 1.86. The Kier molecular flexibility index (Phi) is 6.53. The van der Waals surface area contributed by atoms with Gasteiger partial charge in [-0.3, -0.25) is 9.59 Å². The summed E-state index contributed by atoms with van der Waals surface area (Å²) in [5.41, 5.74) is 7.31. The van der Waals surface area contributed by atoms with Gasteiger partial charge in [-0.25, -0.2) is 4.79 Å². The Bertz CT molecular complexity index is 915. The summed E-state index contributed by atoms with van der Waals surface area (Å²) in [5.74, 6) is -1.21. The van der Waals surface area contributed by atoms with Crippen molar-refractivity contribution in [1.29, 1.82) is 0 Å². The molecule has 154 valence electrons. The number of rotatable bonds is 5. The molecule has 7 nitrogen and oxygen atoms in total. The van der Waals surface area contributed by atoms with Gasteiger partial charge in [-0.05, 0) is 49.6 Å². The van der Waals surface area contributed by atoms with Crippen LogP contribution in [0.2, 0.25) is 0 Å². The van der Waals surface area contributed by atoms with Crippen molar-refractivity contribution in [2.24, 2.45) is 0 Å². The largest absolute Gasteiger partial charge is 0.465 e. The van der Waals surface area contributed by atoms with Crippen molar-refractivity contribution in [1.82, 2.24) is 5.32 Å². The van der Waals surface area contributed by atoms with Crippen LogP contribution in [0.15, 0.2) is 24.3 Å². The molecule has 4 N–H and O–H groups in total. The van der Waals surface area contributed by atoms with E-state index in [1.54, 1.807) is 31.2 Å². The molecule has 2 amide bonds. The summed E-state index contributed by atoms with van der Waals surface area (Å²) in [6.07, 6.45) is 5.31. The topological polar surface area (TPSA) is 111 Å². The smallest absolute Gasteiger partial charge is 0.341 e. The van der Waals surface area contributed by atoms with Gasteiger partial charge in [0.1, 0.15) is 5.00 Å². The first-order valence-corrected chi connectivity index (χ1v) is 10.4. The SMILES string of the molecule is COC(=O)c1c(NC(=O)c2ccc(N)cc2)sc(C(=O)NC2CCCCC2)c1C. The maximum atomic E-state index is 12.8. The lowest BCUT2D eigenvalue weighted by Gasteiger charge is -2.22. The van der Waals surface area contributed by atoms with E-state index >= 15 is 0 Å². The first-order chi connectivity index (χ1) is 13.9. The zero-order valence-electron chi connectivity index (χ0n) is 16.5. The molecule has 0 unspecified atom stereocenters. The molecule has 0 bridgehead atoms. The van der Waals surface area contributed by atoms with Crippen molar-refractivity contribution >= 4 is 39.8 Å². The molecule has 2 aromatic rings. The Morgan fingerprint density at radius 1 is 1.07 bits per heavy atom. The van der Waals surface area contributed by atoms with E-state index in [0.29, 0.717) is 26.7 Å². The number of methoxy groups -OCH3 is 1. The third-order valence-electron chi connectivity index (χ3n) is 5.08. The van der Waals surface area contributed by atoms with Gasteiger partial charge in [0.25, 0.3) is 11.8 Å². The van der Waals surface area contributed by atoms with Crippen molar-refractivity contribution in [3.05, 3.63) is 45.8 Å². The number of thiophene rings is 1. The van der Waals surface area contributed by atoms with E-state index in [1.165, 1.54) is 13.5 Å². The summed E-state index contributed by atoms with van der Waals surface area (Å²) in [6, 6.07) is 6.59.